The SMILES string of the molecule is CCCCNC(=O)C(Cc1ccccc1)N(Cc1ccc(F)cc1)C(=O)CSCc1cccc(C)c1. The van der Waals surface area contributed by atoms with Gasteiger partial charge in [-0.1, -0.05) is 85.6 Å². The predicted octanol–water partition coefficient (Wildman–Crippen LogP) is 5.92. The Hall–Kier alpha value is -3.12. The first-order chi connectivity index (χ1) is 17.5. The summed E-state index contributed by atoms with van der Waals surface area (Å²) < 4.78 is 13.5. The molecule has 0 spiro atoms. The number of rotatable bonds is 13. The highest BCUT2D eigenvalue weighted by Crippen LogP contribution is 2.19. The molecule has 0 bridgehead atoms. The van der Waals surface area contributed by atoms with Gasteiger partial charge in [0.2, 0.25) is 11.8 Å². The first-order valence-electron chi connectivity index (χ1n) is 12.4. The van der Waals surface area contributed by atoms with Gasteiger partial charge in [-0.3, -0.25) is 9.59 Å². The maximum atomic E-state index is 13.6. The zero-order chi connectivity index (χ0) is 25.8. The fourth-order valence-corrected chi connectivity index (χ4v) is 4.85. The zero-order valence-electron chi connectivity index (χ0n) is 21.1. The van der Waals surface area contributed by atoms with Crippen LogP contribution >= 0.6 is 11.8 Å². The van der Waals surface area contributed by atoms with Crippen LogP contribution in [0.25, 0.3) is 0 Å². The van der Waals surface area contributed by atoms with Crippen molar-refractivity contribution < 1.29 is 14.0 Å². The Morgan fingerprint density at radius 1 is 0.944 bits per heavy atom. The minimum atomic E-state index is -0.665. The Morgan fingerprint density at radius 3 is 2.36 bits per heavy atom. The molecule has 190 valence electrons. The number of thioether (sulfide) groups is 1. The maximum absolute atomic E-state index is 13.6. The van der Waals surface area contributed by atoms with Crippen LogP contribution in [0.3, 0.4) is 0 Å². The van der Waals surface area contributed by atoms with E-state index in [1.807, 2.05) is 36.4 Å². The summed E-state index contributed by atoms with van der Waals surface area (Å²) in [6.45, 7) is 4.93. The van der Waals surface area contributed by atoms with Crippen LogP contribution in [0.2, 0.25) is 0 Å². The molecular weight excluding hydrogens is 471 g/mol. The third kappa shape index (κ3) is 8.83. The van der Waals surface area contributed by atoms with Gasteiger partial charge in [0.15, 0.2) is 0 Å². The van der Waals surface area contributed by atoms with E-state index >= 15 is 0 Å². The number of hydrogen-bond donors (Lipinski definition) is 1. The van der Waals surface area contributed by atoms with E-state index in [4.69, 9.17) is 0 Å². The number of aryl methyl sites for hydroxylation is 1. The van der Waals surface area contributed by atoms with Gasteiger partial charge in [-0.05, 0) is 42.2 Å². The first-order valence-corrected chi connectivity index (χ1v) is 13.6. The van der Waals surface area contributed by atoms with Gasteiger partial charge in [-0.2, -0.15) is 0 Å². The van der Waals surface area contributed by atoms with Crippen molar-refractivity contribution in [2.75, 3.05) is 12.3 Å². The van der Waals surface area contributed by atoms with E-state index in [9.17, 15) is 14.0 Å². The Morgan fingerprint density at radius 2 is 1.67 bits per heavy atom. The summed E-state index contributed by atoms with van der Waals surface area (Å²) in [6, 6.07) is 23.4. The Balaban J connectivity index is 1.82. The summed E-state index contributed by atoms with van der Waals surface area (Å²) in [5.41, 5.74) is 4.12. The molecule has 0 aromatic heterocycles. The number of amides is 2. The first kappa shape index (κ1) is 27.5. The molecule has 0 heterocycles. The highest BCUT2D eigenvalue weighted by Gasteiger charge is 2.30. The second kappa shape index (κ2) is 14.4. The van der Waals surface area contributed by atoms with Crippen LogP contribution in [0.5, 0.6) is 0 Å². The van der Waals surface area contributed by atoms with E-state index < -0.39 is 6.04 Å². The lowest BCUT2D eigenvalue weighted by Gasteiger charge is -2.31. The highest BCUT2D eigenvalue weighted by atomic mass is 32.2. The van der Waals surface area contributed by atoms with Crippen molar-refractivity contribution in [3.05, 3.63) is 107 Å². The zero-order valence-corrected chi connectivity index (χ0v) is 21.9. The molecule has 0 saturated carbocycles. The standard InChI is InChI=1S/C30H35FN2O2S/c1-3-4-17-32-30(35)28(19-24-10-6-5-7-11-24)33(20-25-13-15-27(31)16-14-25)29(34)22-36-21-26-12-8-9-23(2)18-26/h5-16,18,28H,3-4,17,19-22H2,1-2H3,(H,32,35). The van der Waals surface area contributed by atoms with Crippen LogP contribution in [0, 0.1) is 12.7 Å². The molecule has 36 heavy (non-hydrogen) atoms. The number of halogens is 1. The van der Waals surface area contributed by atoms with Crippen LogP contribution in [-0.4, -0.2) is 35.1 Å². The summed E-state index contributed by atoms with van der Waals surface area (Å²) in [5.74, 6) is 0.366. The molecule has 0 radical (unpaired) electrons. The molecule has 6 heteroatoms. The van der Waals surface area contributed by atoms with Crippen LogP contribution in [0.1, 0.15) is 42.0 Å². The third-order valence-corrected chi connectivity index (χ3v) is 6.93. The van der Waals surface area contributed by atoms with Crippen molar-refractivity contribution >= 4 is 23.6 Å². The molecule has 3 rings (SSSR count). The lowest BCUT2D eigenvalue weighted by atomic mass is 10.0. The molecule has 0 fully saturated rings. The van der Waals surface area contributed by atoms with Crippen molar-refractivity contribution in [3.8, 4) is 0 Å². The fourth-order valence-electron chi connectivity index (χ4n) is 3.99. The second-order valence-electron chi connectivity index (χ2n) is 8.98. The van der Waals surface area contributed by atoms with E-state index in [1.165, 1.54) is 29.5 Å². The number of nitrogens with one attached hydrogen (secondary N) is 1. The minimum absolute atomic E-state index is 0.108. The van der Waals surface area contributed by atoms with Crippen molar-refractivity contribution in [2.24, 2.45) is 0 Å². The van der Waals surface area contributed by atoms with E-state index in [-0.39, 0.29) is 29.9 Å². The molecule has 4 nitrogen and oxygen atoms in total. The van der Waals surface area contributed by atoms with Gasteiger partial charge in [-0.25, -0.2) is 4.39 Å². The van der Waals surface area contributed by atoms with Gasteiger partial charge in [-0.15, -0.1) is 11.8 Å². The normalized spacial score (nSPS) is 11.6. The molecule has 0 saturated heterocycles. The minimum Gasteiger partial charge on any atom is -0.354 e. The van der Waals surface area contributed by atoms with Crippen LogP contribution in [0.4, 0.5) is 4.39 Å². The quantitative estimate of drug-likeness (QED) is 0.293. The van der Waals surface area contributed by atoms with E-state index in [0.29, 0.717) is 18.7 Å². The molecule has 1 atom stereocenters. The van der Waals surface area contributed by atoms with Gasteiger partial charge < -0.3 is 10.2 Å². The van der Waals surface area contributed by atoms with Gasteiger partial charge in [0.05, 0.1) is 5.75 Å². The van der Waals surface area contributed by atoms with Crippen LogP contribution in [-0.2, 0) is 28.3 Å². The van der Waals surface area contributed by atoms with E-state index in [2.05, 4.69) is 37.4 Å². The van der Waals surface area contributed by atoms with Crippen molar-refractivity contribution in [3.63, 3.8) is 0 Å². The Bertz CT molecular complexity index is 1110. The van der Waals surface area contributed by atoms with Crippen molar-refractivity contribution in [1.29, 1.82) is 0 Å². The highest BCUT2D eigenvalue weighted by molar-refractivity contribution is 7.99. The molecule has 0 aliphatic heterocycles. The summed E-state index contributed by atoms with van der Waals surface area (Å²) in [4.78, 5) is 28.6. The summed E-state index contributed by atoms with van der Waals surface area (Å²) in [7, 11) is 0. The molecule has 3 aromatic rings. The van der Waals surface area contributed by atoms with Gasteiger partial charge in [0.1, 0.15) is 11.9 Å². The van der Waals surface area contributed by atoms with E-state index in [0.717, 1.165) is 29.5 Å². The van der Waals surface area contributed by atoms with Crippen molar-refractivity contribution in [1.82, 2.24) is 10.2 Å². The Labute approximate surface area is 218 Å². The van der Waals surface area contributed by atoms with Gasteiger partial charge in [0, 0.05) is 25.3 Å². The van der Waals surface area contributed by atoms with Crippen LogP contribution < -0.4 is 5.32 Å². The monoisotopic (exact) mass is 506 g/mol. The van der Waals surface area contributed by atoms with Gasteiger partial charge >= 0.3 is 0 Å². The number of carbonyl (C=O) groups is 2. The maximum Gasteiger partial charge on any atom is 0.243 e. The number of hydrogen-bond acceptors (Lipinski definition) is 3. The van der Waals surface area contributed by atoms with E-state index in [1.54, 1.807) is 17.0 Å². The average Bonchev–Trinajstić information content (AvgIpc) is 2.88. The molecule has 0 aliphatic carbocycles. The molecular formula is C30H35FN2O2S. The van der Waals surface area contributed by atoms with Gasteiger partial charge in [0.25, 0.3) is 0 Å². The smallest absolute Gasteiger partial charge is 0.243 e. The van der Waals surface area contributed by atoms with Crippen molar-refractivity contribution in [2.45, 2.75) is 51.4 Å². The number of benzene rings is 3. The second-order valence-corrected chi connectivity index (χ2v) is 9.97. The molecule has 0 aliphatic rings. The topological polar surface area (TPSA) is 49.4 Å². The summed E-state index contributed by atoms with van der Waals surface area (Å²) in [5, 5.41) is 3.02. The summed E-state index contributed by atoms with van der Waals surface area (Å²) >= 11 is 1.54. The number of unbranched alkanes of at least 4 members (excludes halogenated alkanes) is 1. The third-order valence-electron chi connectivity index (χ3n) is 5.94. The number of carbonyl (C=O) groups excluding carboxylic acids is 2. The molecule has 2 amide bonds. The average molecular weight is 507 g/mol. The lowest BCUT2D eigenvalue weighted by molar-refractivity contribution is -0.139. The molecule has 3 aromatic carbocycles. The fraction of sp³-hybridized carbons (Fsp3) is 0.333. The predicted molar refractivity (Wildman–Crippen MR) is 146 cm³/mol. The summed E-state index contributed by atoms with van der Waals surface area (Å²) in [6.07, 6.45) is 2.26. The lowest BCUT2D eigenvalue weighted by Crippen LogP contribution is -2.51. The van der Waals surface area contributed by atoms with Crippen LogP contribution in [0.15, 0.2) is 78.9 Å². The molecule has 1 unspecified atom stereocenters. The Kier molecular flexibility index (Phi) is 11.0. The largest absolute Gasteiger partial charge is 0.354 e. The number of nitrogens with zero attached hydrogens (tertiary/aromatic N) is 1. The molecule has 1 N–H and O–H groups in total.